The van der Waals surface area contributed by atoms with Gasteiger partial charge < -0.3 is 14.5 Å². The Morgan fingerprint density at radius 2 is 2.00 bits per heavy atom. The minimum Gasteiger partial charge on any atom is -0.488 e. The molecule has 0 amide bonds. The molecule has 1 aromatic heterocycles. The van der Waals surface area contributed by atoms with Crippen LogP contribution in [0.3, 0.4) is 0 Å². The Morgan fingerprint density at radius 3 is 2.74 bits per heavy atom. The zero-order valence-corrected chi connectivity index (χ0v) is 11.8. The van der Waals surface area contributed by atoms with Crippen LogP contribution in [0.5, 0.6) is 5.75 Å². The van der Waals surface area contributed by atoms with Gasteiger partial charge in [0.1, 0.15) is 18.1 Å². The average Bonchev–Trinajstić information content (AvgIpc) is 2.84. The van der Waals surface area contributed by atoms with Gasteiger partial charge in [-0.3, -0.25) is 0 Å². The second kappa shape index (κ2) is 6.43. The predicted octanol–water partition coefficient (Wildman–Crippen LogP) is 3.70. The van der Waals surface area contributed by atoms with Gasteiger partial charge in [-0.25, -0.2) is 0 Å². The van der Waals surface area contributed by atoms with E-state index in [-0.39, 0.29) is 0 Å². The maximum Gasteiger partial charge on any atom is 0.124 e. The normalized spacial score (nSPS) is 10.9. The lowest BCUT2D eigenvalue weighted by Gasteiger charge is -2.13. The molecule has 102 valence electrons. The first-order valence-corrected chi connectivity index (χ1v) is 6.64. The molecule has 0 aliphatic rings. The van der Waals surface area contributed by atoms with E-state index in [9.17, 15) is 0 Å². The van der Waals surface area contributed by atoms with Crippen LogP contribution in [0.4, 0.5) is 0 Å². The van der Waals surface area contributed by atoms with E-state index in [0.29, 0.717) is 12.5 Å². The van der Waals surface area contributed by atoms with Crippen molar-refractivity contribution in [3.63, 3.8) is 0 Å². The average molecular weight is 259 g/mol. The van der Waals surface area contributed by atoms with Crippen LogP contribution in [0.1, 0.15) is 36.7 Å². The SMILES string of the molecule is CNCc1occc1COc1ccccc1C(C)C. The summed E-state index contributed by atoms with van der Waals surface area (Å²) in [7, 11) is 1.90. The minimum absolute atomic E-state index is 0.456. The topological polar surface area (TPSA) is 34.4 Å². The summed E-state index contributed by atoms with van der Waals surface area (Å²) in [6.45, 7) is 5.60. The van der Waals surface area contributed by atoms with Crippen LogP contribution < -0.4 is 10.1 Å². The first kappa shape index (κ1) is 13.7. The Labute approximate surface area is 114 Å². The lowest BCUT2D eigenvalue weighted by Crippen LogP contribution is -2.07. The highest BCUT2D eigenvalue weighted by atomic mass is 16.5. The van der Waals surface area contributed by atoms with E-state index in [1.54, 1.807) is 6.26 Å². The van der Waals surface area contributed by atoms with E-state index >= 15 is 0 Å². The number of nitrogens with one attached hydrogen (secondary N) is 1. The van der Waals surface area contributed by atoms with Gasteiger partial charge in [-0.1, -0.05) is 32.0 Å². The summed E-state index contributed by atoms with van der Waals surface area (Å²) in [5.74, 6) is 2.34. The Balaban J connectivity index is 2.08. The molecule has 1 N–H and O–H groups in total. The summed E-state index contributed by atoms with van der Waals surface area (Å²) in [6.07, 6.45) is 1.71. The molecule has 19 heavy (non-hydrogen) atoms. The zero-order valence-electron chi connectivity index (χ0n) is 11.8. The number of rotatable bonds is 6. The molecule has 2 aromatic rings. The molecule has 0 saturated heterocycles. The number of furan rings is 1. The molecule has 1 heterocycles. The van der Waals surface area contributed by atoms with Crippen molar-refractivity contribution in [2.24, 2.45) is 0 Å². The number of ether oxygens (including phenoxy) is 1. The van der Waals surface area contributed by atoms with Crippen molar-refractivity contribution in [3.8, 4) is 5.75 Å². The van der Waals surface area contributed by atoms with Gasteiger partial charge in [0.15, 0.2) is 0 Å². The van der Waals surface area contributed by atoms with Crippen LogP contribution in [-0.4, -0.2) is 7.05 Å². The van der Waals surface area contributed by atoms with Gasteiger partial charge in [0.05, 0.1) is 12.8 Å². The van der Waals surface area contributed by atoms with E-state index < -0.39 is 0 Å². The molecule has 0 spiro atoms. The van der Waals surface area contributed by atoms with Crippen LogP contribution in [0.25, 0.3) is 0 Å². The van der Waals surface area contributed by atoms with E-state index in [1.807, 2.05) is 31.3 Å². The third-order valence-corrected chi connectivity index (χ3v) is 3.10. The van der Waals surface area contributed by atoms with E-state index in [1.165, 1.54) is 5.56 Å². The summed E-state index contributed by atoms with van der Waals surface area (Å²) < 4.78 is 11.4. The summed E-state index contributed by atoms with van der Waals surface area (Å²) >= 11 is 0. The molecule has 0 fully saturated rings. The van der Waals surface area contributed by atoms with E-state index in [0.717, 1.165) is 23.6 Å². The highest BCUT2D eigenvalue weighted by molar-refractivity contribution is 5.35. The fourth-order valence-electron chi connectivity index (χ4n) is 2.06. The molecule has 0 saturated carbocycles. The van der Waals surface area contributed by atoms with Crippen molar-refractivity contribution in [2.45, 2.75) is 32.9 Å². The van der Waals surface area contributed by atoms with Crippen LogP contribution >= 0.6 is 0 Å². The molecule has 3 nitrogen and oxygen atoms in total. The Kier molecular flexibility index (Phi) is 4.63. The quantitative estimate of drug-likeness (QED) is 0.859. The Bertz CT molecular complexity index is 517. The molecular formula is C16H21NO2. The van der Waals surface area contributed by atoms with Gasteiger partial charge in [0, 0.05) is 5.56 Å². The number of para-hydroxylation sites is 1. The van der Waals surface area contributed by atoms with Crippen molar-refractivity contribution in [3.05, 3.63) is 53.5 Å². The smallest absolute Gasteiger partial charge is 0.124 e. The molecule has 0 aliphatic carbocycles. The fourth-order valence-corrected chi connectivity index (χ4v) is 2.06. The van der Waals surface area contributed by atoms with Crippen molar-refractivity contribution in [1.82, 2.24) is 5.32 Å². The lowest BCUT2D eigenvalue weighted by atomic mass is 10.0. The molecular weight excluding hydrogens is 238 g/mol. The maximum atomic E-state index is 5.94. The maximum absolute atomic E-state index is 5.94. The van der Waals surface area contributed by atoms with Gasteiger partial charge in [0.2, 0.25) is 0 Å². The molecule has 2 rings (SSSR count). The van der Waals surface area contributed by atoms with Gasteiger partial charge >= 0.3 is 0 Å². The van der Waals surface area contributed by atoms with Crippen molar-refractivity contribution >= 4 is 0 Å². The highest BCUT2D eigenvalue weighted by Crippen LogP contribution is 2.27. The first-order valence-electron chi connectivity index (χ1n) is 6.64. The number of benzene rings is 1. The van der Waals surface area contributed by atoms with Gasteiger partial charge in [-0.2, -0.15) is 0 Å². The third-order valence-electron chi connectivity index (χ3n) is 3.10. The van der Waals surface area contributed by atoms with Crippen molar-refractivity contribution in [2.75, 3.05) is 7.05 Å². The predicted molar refractivity (Wildman–Crippen MR) is 76.3 cm³/mol. The second-order valence-corrected chi connectivity index (χ2v) is 4.88. The summed E-state index contributed by atoms with van der Waals surface area (Å²) in [4.78, 5) is 0. The van der Waals surface area contributed by atoms with Crippen LogP contribution in [0.15, 0.2) is 41.0 Å². The Morgan fingerprint density at radius 1 is 1.21 bits per heavy atom. The van der Waals surface area contributed by atoms with Crippen molar-refractivity contribution < 1.29 is 9.15 Å². The molecule has 0 radical (unpaired) electrons. The summed E-state index contributed by atoms with van der Waals surface area (Å²) in [5.41, 5.74) is 2.33. The fraction of sp³-hybridized carbons (Fsp3) is 0.375. The number of hydrogen-bond acceptors (Lipinski definition) is 3. The largest absolute Gasteiger partial charge is 0.488 e. The van der Waals surface area contributed by atoms with Crippen LogP contribution in [0, 0.1) is 0 Å². The summed E-state index contributed by atoms with van der Waals surface area (Å²) in [6, 6.07) is 10.2. The molecule has 3 heteroatoms. The monoisotopic (exact) mass is 259 g/mol. The van der Waals surface area contributed by atoms with Gasteiger partial charge in [-0.15, -0.1) is 0 Å². The van der Waals surface area contributed by atoms with Gasteiger partial charge in [-0.05, 0) is 30.7 Å². The Hall–Kier alpha value is -1.74. The highest BCUT2D eigenvalue weighted by Gasteiger charge is 2.09. The van der Waals surface area contributed by atoms with Crippen LogP contribution in [0.2, 0.25) is 0 Å². The first-order chi connectivity index (χ1) is 9.22. The van der Waals surface area contributed by atoms with Crippen LogP contribution in [-0.2, 0) is 13.2 Å². The second-order valence-electron chi connectivity index (χ2n) is 4.88. The molecule has 0 unspecified atom stereocenters. The summed E-state index contributed by atoms with van der Waals surface area (Å²) in [5, 5.41) is 3.09. The zero-order chi connectivity index (χ0) is 13.7. The standard InChI is InChI=1S/C16H21NO2/c1-12(2)14-6-4-5-7-15(14)19-11-13-8-9-18-16(13)10-17-3/h4-9,12,17H,10-11H2,1-3H3. The van der Waals surface area contributed by atoms with E-state index in [4.69, 9.17) is 9.15 Å². The van der Waals surface area contributed by atoms with E-state index in [2.05, 4.69) is 25.2 Å². The number of hydrogen-bond donors (Lipinski definition) is 1. The third kappa shape index (κ3) is 3.38. The van der Waals surface area contributed by atoms with Crippen molar-refractivity contribution in [1.29, 1.82) is 0 Å². The molecule has 1 aromatic carbocycles. The lowest BCUT2D eigenvalue weighted by molar-refractivity contribution is 0.297. The molecule has 0 aliphatic heterocycles. The van der Waals surface area contributed by atoms with Gasteiger partial charge in [0.25, 0.3) is 0 Å². The molecule has 0 bridgehead atoms. The molecule has 0 atom stereocenters. The minimum atomic E-state index is 0.456.